The Morgan fingerprint density at radius 1 is 1.00 bits per heavy atom. The minimum absolute atomic E-state index is 0.0403. The van der Waals surface area contributed by atoms with Gasteiger partial charge in [0.2, 0.25) is 0 Å². The molecule has 0 bridgehead atoms. The Bertz CT molecular complexity index is 721. The lowest BCUT2D eigenvalue weighted by Crippen LogP contribution is -2.11. The van der Waals surface area contributed by atoms with Crippen molar-refractivity contribution in [3.05, 3.63) is 59.2 Å². The monoisotopic (exact) mass is 306 g/mol. The summed E-state index contributed by atoms with van der Waals surface area (Å²) in [7, 11) is 1.41. The third-order valence-electron chi connectivity index (χ3n) is 2.87. The van der Waals surface area contributed by atoms with Crippen LogP contribution in [0.25, 0.3) is 0 Å². The fourth-order valence-electron chi connectivity index (χ4n) is 1.84. The van der Waals surface area contributed by atoms with E-state index in [0.29, 0.717) is 11.8 Å². The first kappa shape index (κ1) is 15.6. The summed E-state index contributed by atoms with van der Waals surface area (Å²) in [5.41, 5.74) is -0.138. The van der Waals surface area contributed by atoms with Gasteiger partial charge in [-0.1, -0.05) is 0 Å². The number of esters is 1. The maximum atomic E-state index is 13.1. The summed E-state index contributed by atoms with van der Waals surface area (Å²) in [6.45, 7) is 1.31. The molecule has 0 heterocycles. The molecule has 0 aliphatic rings. The van der Waals surface area contributed by atoms with Crippen molar-refractivity contribution in [1.82, 2.24) is 0 Å². The average molecular weight is 306 g/mol. The molecular formula is C16H12F2O4. The normalized spacial score (nSPS) is 10.2. The van der Waals surface area contributed by atoms with Gasteiger partial charge in [-0.15, -0.1) is 0 Å². The Kier molecular flexibility index (Phi) is 4.50. The molecule has 0 N–H and O–H groups in total. The fraction of sp³-hybridized carbons (Fsp3) is 0.125. The number of halogens is 2. The predicted octanol–water partition coefficient (Wildman–Crippen LogP) is 3.40. The van der Waals surface area contributed by atoms with Gasteiger partial charge in [0.15, 0.2) is 5.78 Å². The van der Waals surface area contributed by atoms with Gasteiger partial charge in [0, 0.05) is 12.1 Å². The van der Waals surface area contributed by atoms with Gasteiger partial charge in [0.1, 0.15) is 23.1 Å². The predicted molar refractivity (Wildman–Crippen MR) is 74.3 cm³/mol. The van der Waals surface area contributed by atoms with Crippen LogP contribution in [-0.4, -0.2) is 18.9 Å². The zero-order valence-corrected chi connectivity index (χ0v) is 11.9. The maximum absolute atomic E-state index is 13.1. The average Bonchev–Trinajstić information content (AvgIpc) is 2.45. The topological polar surface area (TPSA) is 52.6 Å². The fourth-order valence-corrected chi connectivity index (χ4v) is 1.84. The lowest BCUT2D eigenvalue weighted by atomic mass is 10.1. The van der Waals surface area contributed by atoms with Gasteiger partial charge in [-0.25, -0.2) is 13.6 Å². The minimum atomic E-state index is -0.978. The second-order valence-electron chi connectivity index (χ2n) is 4.47. The molecule has 0 saturated heterocycles. The summed E-state index contributed by atoms with van der Waals surface area (Å²) in [4.78, 5) is 23.5. The Labute approximate surface area is 125 Å². The summed E-state index contributed by atoms with van der Waals surface area (Å²) in [6.07, 6.45) is 0. The van der Waals surface area contributed by atoms with Gasteiger partial charge in [-0.2, -0.15) is 0 Å². The van der Waals surface area contributed by atoms with Crippen molar-refractivity contribution in [1.29, 1.82) is 0 Å². The van der Waals surface area contributed by atoms with Crippen LogP contribution in [0.1, 0.15) is 27.6 Å². The van der Waals surface area contributed by atoms with E-state index in [9.17, 15) is 18.4 Å². The van der Waals surface area contributed by atoms with Crippen molar-refractivity contribution in [3.8, 4) is 11.5 Å². The standard InChI is InChI=1S/C16H12F2O4/c1-9(19)14-4-3-13(21-2)8-15(14)22-16(20)10-5-11(17)7-12(18)6-10/h3-8H,1-2H3. The molecule has 0 unspecified atom stereocenters. The molecule has 0 spiro atoms. The number of ketones is 1. The van der Waals surface area contributed by atoms with Gasteiger partial charge in [-0.3, -0.25) is 4.79 Å². The summed E-state index contributed by atoms with van der Waals surface area (Å²) in [6, 6.07) is 6.66. The van der Waals surface area contributed by atoms with Crippen LogP contribution in [0.15, 0.2) is 36.4 Å². The SMILES string of the molecule is COc1ccc(C(C)=O)c(OC(=O)c2cc(F)cc(F)c2)c1. The van der Waals surface area contributed by atoms with Crippen LogP contribution in [-0.2, 0) is 0 Å². The van der Waals surface area contributed by atoms with Crippen LogP contribution in [0.2, 0.25) is 0 Å². The molecule has 0 amide bonds. The third kappa shape index (κ3) is 3.46. The van der Waals surface area contributed by atoms with Crippen LogP contribution in [0.5, 0.6) is 11.5 Å². The number of hydrogen-bond donors (Lipinski definition) is 0. The first-order valence-electron chi connectivity index (χ1n) is 6.28. The molecule has 0 aliphatic carbocycles. The van der Waals surface area contributed by atoms with E-state index >= 15 is 0 Å². The third-order valence-corrected chi connectivity index (χ3v) is 2.87. The largest absolute Gasteiger partial charge is 0.497 e. The lowest BCUT2D eigenvalue weighted by Gasteiger charge is -2.10. The molecule has 0 atom stereocenters. The molecule has 114 valence electrons. The summed E-state index contributed by atoms with van der Waals surface area (Å²) in [5, 5.41) is 0. The Morgan fingerprint density at radius 3 is 2.18 bits per heavy atom. The zero-order chi connectivity index (χ0) is 16.3. The molecule has 0 aliphatic heterocycles. The Balaban J connectivity index is 2.36. The van der Waals surface area contributed by atoms with Crippen molar-refractivity contribution in [3.63, 3.8) is 0 Å². The number of carbonyl (C=O) groups excluding carboxylic acids is 2. The molecule has 0 fully saturated rings. The van der Waals surface area contributed by atoms with E-state index < -0.39 is 17.6 Å². The minimum Gasteiger partial charge on any atom is -0.497 e. The highest BCUT2D eigenvalue weighted by atomic mass is 19.1. The maximum Gasteiger partial charge on any atom is 0.343 e. The zero-order valence-electron chi connectivity index (χ0n) is 11.9. The van der Waals surface area contributed by atoms with Gasteiger partial charge in [0.05, 0.1) is 18.2 Å². The molecular weight excluding hydrogens is 294 g/mol. The first-order valence-corrected chi connectivity index (χ1v) is 6.28. The van der Waals surface area contributed by atoms with E-state index in [0.717, 1.165) is 12.1 Å². The number of ether oxygens (including phenoxy) is 2. The van der Waals surface area contributed by atoms with Crippen LogP contribution >= 0.6 is 0 Å². The van der Waals surface area contributed by atoms with Gasteiger partial charge < -0.3 is 9.47 Å². The van der Waals surface area contributed by atoms with E-state index in [-0.39, 0.29) is 22.7 Å². The number of benzene rings is 2. The van der Waals surface area contributed by atoms with Crippen molar-refractivity contribution in [2.75, 3.05) is 7.11 Å². The highest BCUT2D eigenvalue weighted by Gasteiger charge is 2.16. The summed E-state index contributed by atoms with van der Waals surface area (Å²) < 4.78 is 36.3. The number of hydrogen-bond acceptors (Lipinski definition) is 4. The number of Topliss-reactive ketones (excluding diaryl/α,β-unsaturated/α-hetero) is 1. The van der Waals surface area contributed by atoms with E-state index in [1.165, 1.54) is 32.2 Å². The summed E-state index contributed by atoms with van der Waals surface area (Å²) in [5.74, 6) is -2.77. The first-order chi connectivity index (χ1) is 10.4. The van der Waals surface area contributed by atoms with Crippen LogP contribution in [0.3, 0.4) is 0 Å². The molecule has 2 aromatic carbocycles. The van der Waals surface area contributed by atoms with Crippen LogP contribution in [0.4, 0.5) is 8.78 Å². The molecule has 0 saturated carbocycles. The molecule has 6 heteroatoms. The highest BCUT2D eigenvalue weighted by Crippen LogP contribution is 2.26. The summed E-state index contributed by atoms with van der Waals surface area (Å²) >= 11 is 0. The van der Waals surface area contributed by atoms with Gasteiger partial charge in [0.25, 0.3) is 0 Å². The molecule has 2 aromatic rings. The van der Waals surface area contributed by atoms with Crippen molar-refractivity contribution in [2.24, 2.45) is 0 Å². The quantitative estimate of drug-likeness (QED) is 0.493. The van der Waals surface area contributed by atoms with Gasteiger partial charge in [-0.05, 0) is 31.2 Å². The highest BCUT2D eigenvalue weighted by molar-refractivity contribution is 5.99. The second kappa shape index (κ2) is 6.34. The van der Waals surface area contributed by atoms with Crippen LogP contribution in [0, 0.1) is 11.6 Å². The molecule has 4 nitrogen and oxygen atoms in total. The molecule has 22 heavy (non-hydrogen) atoms. The molecule has 0 aromatic heterocycles. The number of carbonyl (C=O) groups is 2. The van der Waals surface area contributed by atoms with E-state index in [2.05, 4.69) is 0 Å². The van der Waals surface area contributed by atoms with Crippen molar-refractivity contribution in [2.45, 2.75) is 6.92 Å². The van der Waals surface area contributed by atoms with E-state index in [1.54, 1.807) is 0 Å². The Morgan fingerprint density at radius 2 is 1.64 bits per heavy atom. The molecule has 0 radical (unpaired) electrons. The van der Waals surface area contributed by atoms with Crippen LogP contribution < -0.4 is 9.47 Å². The van der Waals surface area contributed by atoms with Crippen molar-refractivity contribution >= 4 is 11.8 Å². The van der Waals surface area contributed by atoms with Crippen molar-refractivity contribution < 1.29 is 27.8 Å². The van der Waals surface area contributed by atoms with E-state index in [1.807, 2.05) is 0 Å². The molecule has 2 rings (SSSR count). The lowest BCUT2D eigenvalue weighted by molar-refractivity contribution is 0.0731. The smallest absolute Gasteiger partial charge is 0.343 e. The Hall–Kier alpha value is -2.76. The number of methoxy groups -OCH3 is 1. The second-order valence-corrected chi connectivity index (χ2v) is 4.47. The van der Waals surface area contributed by atoms with Gasteiger partial charge >= 0.3 is 5.97 Å². The van der Waals surface area contributed by atoms with E-state index in [4.69, 9.17) is 9.47 Å². The number of rotatable bonds is 4.